The summed E-state index contributed by atoms with van der Waals surface area (Å²) >= 11 is 5.92. The van der Waals surface area contributed by atoms with E-state index >= 15 is 0 Å². The largest absolute Gasteiger partial charge is 0.247 e. The molecule has 1 heterocycles. The van der Waals surface area contributed by atoms with Crippen LogP contribution in [0, 0.1) is 0 Å². The van der Waals surface area contributed by atoms with E-state index in [-0.39, 0.29) is 0 Å². The van der Waals surface area contributed by atoms with Crippen molar-refractivity contribution in [2.45, 2.75) is 5.88 Å². The van der Waals surface area contributed by atoms with Gasteiger partial charge in [-0.15, -0.1) is 11.6 Å². The van der Waals surface area contributed by atoms with Crippen LogP contribution in [0.4, 0.5) is 0 Å². The fourth-order valence-corrected chi connectivity index (χ4v) is 2.19. The predicted octanol–water partition coefficient (Wildman–Crippen LogP) is 4.13. The average molecular weight is 228 g/mol. The molecular formula is C14H10ClN. The number of alkyl halides is 1. The molecule has 0 amide bonds. The summed E-state index contributed by atoms with van der Waals surface area (Å²) in [5.74, 6) is 0.503. The summed E-state index contributed by atoms with van der Waals surface area (Å²) in [5, 5.41) is 2.32. The summed E-state index contributed by atoms with van der Waals surface area (Å²) in [6.07, 6.45) is 0. The Labute approximate surface area is 98.7 Å². The van der Waals surface area contributed by atoms with Gasteiger partial charge in [-0.1, -0.05) is 36.4 Å². The van der Waals surface area contributed by atoms with Crippen molar-refractivity contribution in [2.75, 3.05) is 0 Å². The lowest BCUT2D eigenvalue weighted by atomic mass is 10.1. The first-order chi connectivity index (χ1) is 7.88. The van der Waals surface area contributed by atoms with Crippen LogP contribution in [0.5, 0.6) is 0 Å². The second kappa shape index (κ2) is 3.76. The van der Waals surface area contributed by atoms with E-state index in [0.717, 1.165) is 22.0 Å². The summed E-state index contributed by atoms with van der Waals surface area (Å²) in [4.78, 5) is 4.66. The van der Waals surface area contributed by atoms with Crippen molar-refractivity contribution in [1.82, 2.24) is 4.98 Å². The number of benzene rings is 2. The number of fused-ring (bicyclic) bond motifs is 2. The molecule has 0 N–H and O–H groups in total. The van der Waals surface area contributed by atoms with Crippen LogP contribution >= 0.6 is 11.6 Å². The highest BCUT2D eigenvalue weighted by Crippen LogP contribution is 2.23. The van der Waals surface area contributed by atoms with Gasteiger partial charge in [0.2, 0.25) is 0 Å². The van der Waals surface area contributed by atoms with Gasteiger partial charge in [0, 0.05) is 16.7 Å². The van der Waals surface area contributed by atoms with E-state index in [2.05, 4.69) is 23.2 Å². The number of aromatic nitrogens is 1. The molecule has 0 radical (unpaired) electrons. The van der Waals surface area contributed by atoms with Crippen LogP contribution in [0.2, 0.25) is 0 Å². The third kappa shape index (κ3) is 1.44. The van der Waals surface area contributed by atoms with E-state index in [1.54, 1.807) is 0 Å². The summed E-state index contributed by atoms with van der Waals surface area (Å²) < 4.78 is 0. The SMILES string of the molecule is ClCc1cccc2cc3ccccc3nc12. The van der Waals surface area contributed by atoms with Crippen molar-refractivity contribution in [3.63, 3.8) is 0 Å². The highest BCUT2D eigenvalue weighted by Gasteiger charge is 2.03. The lowest BCUT2D eigenvalue weighted by Gasteiger charge is -2.04. The van der Waals surface area contributed by atoms with Gasteiger partial charge in [-0.2, -0.15) is 0 Å². The molecule has 2 heteroatoms. The number of pyridine rings is 1. The zero-order chi connectivity index (χ0) is 11.0. The molecule has 16 heavy (non-hydrogen) atoms. The van der Waals surface area contributed by atoms with Crippen molar-refractivity contribution >= 4 is 33.4 Å². The Morgan fingerprint density at radius 2 is 1.75 bits per heavy atom. The summed E-state index contributed by atoms with van der Waals surface area (Å²) in [7, 11) is 0. The number of rotatable bonds is 1. The van der Waals surface area contributed by atoms with Crippen molar-refractivity contribution < 1.29 is 0 Å². The standard InChI is InChI=1S/C14H10ClN/c15-9-12-6-3-5-11-8-10-4-1-2-7-13(10)16-14(11)12/h1-8H,9H2. The number of hydrogen-bond acceptors (Lipinski definition) is 1. The second-order valence-corrected chi connectivity index (χ2v) is 4.07. The zero-order valence-electron chi connectivity index (χ0n) is 8.65. The van der Waals surface area contributed by atoms with Crippen LogP contribution in [0.25, 0.3) is 21.8 Å². The number of nitrogens with zero attached hydrogens (tertiary/aromatic N) is 1. The summed E-state index contributed by atoms with van der Waals surface area (Å²) in [6.45, 7) is 0. The van der Waals surface area contributed by atoms with Crippen LogP contribution in [-0.2, 0) is 5.88 Å². The molecule has 0 unspecified atom stereocenters. The van der Waals surface area contributed by atoms with Gasteiger partial charge in [0.15, 0.2) is 0 Å². The van der Waals surface area contributed by atoms with Gasteiger partial charge in [-0.05, 0) is 17.7 Å². The highest BCUT2D eigenvalue weighted by atomic mass is 35.5. The van der Waals surface area contributed by atoms with Crippen LogP contribution in [-0.4, -0.2) is 4.98 Å². The Bertz CT molecular complexity index is 661. The first-order valence-electron chi connectivity index (χ1n) is 5.22. The van der Waals surface area contributed by atoms with E-state index in [1.165, 1.54) is 5.39 Å². The summed E-state index contributed by atoms with van der Waals surface area (Å²) in [6, 6.07) is 16.4. The molecule has 0 saturated carbocycles. The number of halogens is 1. The van der Waals surface area contributed by atoms with E-state index in [1.807, 2.05) is 30.3 Å². The first-order valence-corrected chi connectivity index (χ1v) is 5.75. The van der Waals surface area contributed by atoms with Crippen LogP contribution in [0.3, 0.4) is 0 Å². The summed E-state index contributed by atoms with van der Waals surface area (Å²) in [5.41, 5.74) is 3.12. The van der Waals surface area contributed by atoms with Crippen molar-refractivity contribution in [2.24, 2.45) is 0 Å². The average Bonchev–Trinajstić information content (AvgIpc) is 2.35. The van der Waals surface area contributed by atoms with Gasteiger partial charge in [-0.3, -0.25) is 0 Å². The molecule has 0 aliphatic heterocycles. The van der Waals surface area contributed by atoms with E-state index in [0.29, 0.717) is 5.88 Å². The van der Waals surface area contributed by atoms with Crippen molar-refractivity contribution in [3.8, 4) is 0 Å². The van der Waals surface area contributed by atoms with Crippen molar-refractivity contribution in [1.29, 1.82) is 0 Å². The van der Waals surface area contributed by atoms with E-state index in [4.69, 9.17) is 11.6 Å². The Balaban J connectivity index is 2.46. The molecule has 0 atom stereocenters. The Kier molecular flexibility index (Phi) is 2.26. The molecule has 0 aliphatic rings. The number of para-hydroxylation sites is 2. The molecule has 3 aromatic rings. The third-order valence-corrected chi connectivity index (χ3v) is 3.06. The van der Waals surface area contributed by atoms with Gasteiger partial charge in [0.25, 0.3) is 0 Å². The molecule has 0 saturated heterocycles. The van der Waals surface area contributed by atoms with Gasteiger partial charge in [0.05, 0.1) is 11.0 Å². The topological polar surface area (TPSA) is 12.9 Å². The van der Waals surface area contributed by atoms with Crippen LogP contribution < -0.4 is 0 Å². The Morgan fingerprint density at radius 3 is 2.62 bits per heavy atom. The first kappa shape index (κ1) is 9.61. The molecule has 2 aromatic carbocycles. The molecule has 0 aliphatic carbocycles. The minimum absolute atomic E-state index is 0.503. The fourth-order valence-electron chi connectivity index (χ4n) is 1.97. The highest BCUT2D eigenvalue weighted by molar-refractivity contribution is 6.18. The molecule has 3 rings (SSSR count). The van der Waals surface area contributed by atoms with Crippen molar-refractivity contribution in [3.05, 3.63) is 54.1 Å². The van der Waals surface area contributed by atoms with Gasteiger partial charge >= 0.3 is 0 Å². The zero-order valence-corrected chi connectivity index (χ0v) is 9.41. The smallest absolute Gasteiger partial charge is 0.0753 e. The van der Waals surface area contributed by atoms with E-state index < -0.39 is 0 Å². The monoisotopic (exact) mass is 227 g/mol. The maximum atomic E-state index is 5.92. The quantitative estimate of drug-likeness (QED) is 0.450. The molecular weight excluding hydrogens is 218 g/mol. The molecule has 78 valence electrons. The van der Waals surface area contributed by atoms with Gasteiger partial charge < -0.3 is 0 Å². The van der Waals surface area contributed by atoms with Gasteiger partial charge in [-0.25, -0.2) is 4.98 Å². The molecule has 0 bridgehead atoms. The predicted molar refractivity (Wildman–Crippen MR) is 68.8 cm³/mol. The van der Waals surface area contributed by atoms with Gasteiger partial charge in [0.1, 0.15) is 0 Å². The van der Waals surface area contributed by atoms with Crippen LogP contribution in [0.1, 0.15) is 5.56 Å². The second-order valence-electron chi connectivity index (χ2n) is 3.80. The maximum Gasteiger partial charge on any atom is 0.0753 e. The fraction of sp³-hybridized carbons (Fsp3) is 0.0714. The van der Waals surface area contributed by atoms with Crippen LogP contribution in [0.15, 0.2) is 48.5 Å². The minimum atomic E-state index is 0.503. The molecule has 1 nitrogen and oxygen atoms in total. The third-order valence-electron chi connectivity index (χ3n) is 2.77. The maximum absolute atomic E-state index is 5.92. The normalized spacial score (nSPS) is 11.1. The lowest BCUT2D eigenvalue weighted by molar-refractivity contribution is 1.38. The minimum Gasteiger partial charge on any atom is -0.247 e. The molecule has 0 fully saturated rings. The van der Waals surface area contributed by atoms with E-state index in [9.17, 15) is 0 Å². The lowest BCUT2D eigenvalue weighted by Crippen LogP contribution is -1.87. The molecule has 1 aromatic heterocycles. The number of hydrogen-bond donors (Lipinski definition) is 0. The molecule has 0 spiro atoms. The Morgan fingerprint density at radius 1 is 0.938 bits per heavy atom. The Hall–Kier alpha value is -1.60.